The van der Waals surface area contributed by atoms with E-state index in [0.717, 1.165) is 26.0 Å². The summed E-state index contributed by atoms with van der Waals surface area (Å²) in [7, 11) is 0. The lowest BCUT2D eigenvalue weighted by Crippen LogP contribution is -2.48. The molecule has 2 aliphatic heterocycles. The Kier molecular flexibility index (Phi) is 3.10. The van der Waals surface area contributed by atoms with E-state index in [1.807, 2.05) is 25.7 Å². The molecule has 2 fully saturated rings. The van der Waals surface area contributed by atoms with Crippen LogP contribution in [0, 0.1) is 0 Å². The fraction of sp³-hybridized carbons (Fsp3) is 0.917. The van der Waals surface area contributed by atoms with E-state index >= 15 is 0 Å². The molecule has 0 aromatic heterocycles. The summed E-state index contributed by atoms with van der Waals surface area (Å²) in [4.78, 5) is 13.9. The van der Waals surface area contributed by atoms with Crippen LogP contribution >= 0.6 is 0 Å². The van der Waals surface area contributed by atoms with E-state index in [1.54, 1.807) is 0 Å². The minimum absolute atomic E-state index is 0.187. The van der Waals surface area contributed by atoms with E-state index in [0.29, 0.717) is 0 Å². The van der Waals surface area contributed by atoms with Crippen molar-refractivity contribution in [3.05, 3.63) is 0 Å². The molecule has 2 atom stereocenters. The Morgan fingerprint density at radius 3 is 2.62 bits per heavy atom. The fourth-order valence-corrected chi connectivity index (χ4v) is 2.17. The molecule has 2 aliphatic rings. The lowest BCUT2D eigenvalue weighted by Gasteiger charge is -2.36. The van der Waals surface area contributed by atoms with Gasteiger partial charge in [-0.2, -0.15) is 0 Å². The number of carbonyl (C=O) groups is 1. The Labute approximate surface area is 96.9 Å². The van der Waals surface area contributed by atoms with Crippen LogP contribution in [0.3, 0.4) is 0 Å². The highest BCUT2D eigenvalue weighted by atomic mass is 16.6. The summed E-state index contributed by atoms with van der Waals surface area (Å²) in [6.07, 6.45) is 3.37. The van der Waals surface area contributed by atoms with Crippen molar-refractivity contribution in [3.63, 3.8) is 0 Å². The number of carbonyl (C=O) groups excluding carboxylic acids is 1. The molecule has 1 amide bonds. The van der Waals surface area contributed by atoms with Crippen LogP contribution in [0.2, 0.25) is 0 Å². The molecule has 0 N–H and O–H groups in total. The zero-order valence-electron chi connectivity index (χ0n) is 10.4. The molecule has 0 unspecified atom stereocenters. The lowest BCUT2D eigenvalue weighted by atomic mass is 10.0. The summed E-state index contributed by atoms with van der Waals surface area (Å²) in [6.45, 7) is 7.30. The molecule has 0 bridgehead atoms. The predicted molar refractivity (Wildman–Crippen MR) is 60.3 cm³/mol. The first kappa shape index (κ1) is 11.7. The van der Waals surface area contributed by atoms with E-state index in [9.17, 15) is 4.79 Å². The van der Waals surface area contributed by atoms with E-state index in [4.69, 9.17) is 9.47 Å². The molecular weight excluding hydrogens is 206 g/mol. The maximum atomic E-state index is 12.0. The van der Waals surface area contributed by atoms with Gasteiger partial charge in [0.2, 0.25) is 0 Å². The number of likely N-dealkylation sites (tertiary alicyclic amines) is 1. The molecule has 0 aromatic rings. The Morgan fingerprint density at radius 1 is 1.38 bits per heavy atom. The normalized spacial score (nSPS) is 30.1. The molecule has 4 heteroatoms. The molecule has 2 heterocycles. The molecule has 2 saturated heterocycles. The number of ether oxygens (including phenoxy) is 2. The van der Waals surface area contributed by atoms with Crippen molar-refractivity contribution in [2.45, 2.75) is 57.8 Å². The standard InChI is InChI=1S/C12H21NO3/c1-12(2,3)16-11(14)13-7-5-4-6-9(13)10-8-15-10/h9-10H,4-8H2,1-3H3/t9-,10-/m0/s1. The van der Waals surface area contributed by atoms with Crippen LogP contribution in [0.4, 0.5) is 4.79 Å². The summed E-state index contributed by atoms with van der Waals surface area (Å²) in [5.41, 5.74) is -0.413. The Bertz CT molecular complexity index is 268. The molecule has 0 aromatic carbocycles. The smallest absolute Gasteiger partial charge is 0.410 e. The molecule has 0 aliphatic carbocycles. The van der Waals surface area contributed by atoms with E-state index in [-0.39, 0.29) is 18.2 Å². The molecule has 4 nitrogen and oxygen atoms in total. The van der Waals surface area contributed by atoms with Gasteiger partial charge in [-0.05, 0) is 40.0 Å². The summed E-state index contributed by atoms with van der Waals surface area (Å²) in [5.74, 6) is 0. The number of nitrogens with zero attached hydrogens (tertiary/aromatic N) is 1. The van der Waals surface area contributed by atoms with Gasteiger partial charge in [0.15, 0.2) is 0 Å². The van der Waals surface area contributed by atoms with Gasteiger partial charge in [0.25, 0.3) is 0 Å². The molecular formula is C12H21NO3. The van der Waals surface area contributed by atoms with Crippen molar-refractivity contribution in [1.82, 2.24) is 4.90 Å². The van der Waals surface area contributed by atoms with Gasteiger partial charge in [-0.1, -0.05) is 0 Å². The first-order valence-corrected chi connectivity index (χ1v) is 6.08. The first-order valence-electron chi connectivity index (χ1n) is 6.08. The molecule has 0 spiro atoms. The highest BCUT2D eigenvalue weighted by Gasteiger charge is 2.41. The predicted octanol–water partition coefficient (Wildman–Crippen LogP) is 2.17. The van der Waals surface area contributed by atoms with Gasteiger partial charge in [-0.3, -0.25) is 0 Å². The van der Waals surface area contributed by atoms with Gasteiger partial charge in [0, 0.05) is 6.54 Å². The number of piperidine rings is 1. The Hall–Kier alpha value is -0.770. The SMILES string of the molecule is CC(C)(C)OC(=O)N1CCCC[C@H]1[C@@H]1CO1. The quantitative estimate of drug-likeness (QED) is 0.645. The van der Waals surface area contributed by atoms with Crippen molar-refractivity contribution in [3.8, 4) is 0 Å². The van der Waals surface area contributed by atoms with Crippen molar-refractivity contribution < 1.29 is 14.3 Å². The maximum absolute atomic E-state index is 12.0. The van der Waals surface area contributed by atoms with Crippen LogP contribution in [0.5, 0.6) is 0 Å². The molecule has 0 radical (unpaired) electrons. The second-order valence-corrected chi connectivity index (χ2v) is 5.61. The monoisotopic (exact) mass is 227 g/mol. The average Bonchev–Trinajstić information content (AvgIpc) is 2.98. The van der Waals surface area contributed by atoms with Crippen LogP contribution in [0.25, 0.3) is 0 Å². The topological polar surface area (TPSA) is 42.1 Å². The van der Waals surface area contributed by atoms with Crippen molar-refractivity contribution in [2.24, 2.45) is 0 Å². The summed E-state index contributed by atoms with van der Waals surface area (Å²) >= 11 is 0. The zero-order valence-corrected chi connectivity index (χ0v) is 10.4. The summed E-state index contributed by atoms with van der Waals surface area (Å²) < 4.78 is 10.7. The van der Waals surface area contributed by atoms with Gasteiger partial charge in [0.05, 0.1) is 12.6 Å². The molecule has 16 heavy (non-hydrogen) atoms. The number of epoxide rings is 1. The van der Waals surface area contributed by atoms with Crippen LogP contribution in [0.1, 0.15) is 40.0 Å². The summed E-state index contributed by atoms with van der Waals surface area (Å²) in [5, 5.41) is 0. The lowest BCUT2D eigenvalue weighted by molar-refractivity contribution is 0.00626. The second kappa shape index (κ2) is 4.24. The highest BCUT2D eigenvalue weighted by Crippen LogP contribution is 2.28. The Morgan fingerprint density at radius 2 is 2.06 bits per heavy atom. The van der Waals surface area contributed by atoms with Crippen LogP contribution in [-0.2, 0) is 9.47 Å². The van der Waals surface area contributed by atoms with Crippen LogP contribution in [0.15, 0.2) is 0 Å². The van der Waals surface area contributed by atoms with Gasteiger partial charge in [-0.25, -0.2) is 4.79 Å². The number of hydrogen-bond donors (Lipinski definition) is 0. The van der Waals surface area contributed by atoms with Crippen LogP contribution in [-0.4, -0.2) is 41.9 Å². The van der Waals surface area contributed by atoms with E-state index in [1.165, 1.54) is 6.42 Å². The highest BCUT2D eigenvalue weighted by molar-refractivity contribution is 5.68. The van der Waals surface area contributed by atoms with Gasteiger partial charge >= 0.3 is 6.09 Å². The molecule has 2 rings (SSSR count). The summed E-state index contributed by atoms with van der Waals surface area (Å²) in [6, 6.07) is 0.239. The van der Waals surface area contributed by atoms with Crippen molar-refractivity contribution in [2.75, 3.05) is 13.2 Å². The van der Waals surface area contributed by atoms with E-state index in [2.05, 4.69) is 0 Å². The van der Waals surface area contributed by atoms with Crippen molar-refractivity contribution in [1.29, 1.82) is 0 Å². The third-order valence-corrected chi connectivity index (χ3v) is 2.97. The molecule has 92 valence electrons. The van der Waals surface area contributed by atoms with E-state index < -0.39 is 5.60 Å². The van der Waals surface area contributed by atoms with Gasteiger partial charge < -0.3 is 14.4 Å². The zero-order chi connectivity index (χ0) is 11.8. The first-order chi connectivity index (χ1) is 7.47. The molecule has 0 saturated carbocycles. The van der Waals surface area contributed by atoms with Crippen LogP contribution < -0.4 is 0 Å². The minimum atomic E-state index is -0.413. The van der Waals surface area contributed by atoms with Gasteiger partial charge in [0.1, 0.15) is 11.7 Å². The largest absolute Gasteiger partial charge is 0.444 e. The number of rotatable bonds is 1. The maximum Gasteiger partial charge on any atom is 0.410 e. The second-order valence-electron chi connectivity index (χ2n) is 5.61. The van der Waals surface area contributed by atoms with Gasteiger partial charge in [-0.15, -0.1) is 0 Å². The Balaban J connectivity index is 1.96. The third kappa shape index (κ3) is 2.88. The minimum Gasteiger partial charge on any atom is -0.444 e. The van der Waals surface area contributed by atoms with Crippen molar-refractivity contribution >= 4 is 6.09 Å². The number of amides is 1. The number of hydrogen-bond acceptors (Lipinski definition) is 3. The average molecular weight is 227 g/mol. The fourth-order valence-electron chi connectivity index (χ4n) is 2.17. The third-order valence-electron chi connectivity index (χ3n) is 2.97.